The van der Waals surface area contributed by atoms with Gasteiger partial charge in [0.1, 0.15) is 0 Å². The Hall–Kier alpha value is -0.430. The Labute approximate surface area is 149 Å². The van der Waals surface area contributed by atoms with Gasteiger partial charge in [0.15, 0.2) is 5.96 Å². The summed E-state index contributed by atoms with van der Waals surface area (Å²) in [6, 6.07) is 9.18. The van der Waals surface area contributed by atoms with E-state index in [9.17, 15) is 0 Å². The largest absolute Gasteiger partial charge is 0.354 e. The first-order valence-electron chi connectivity index (χ1n) is 7.26. The van der Waals surface area contributed by atoms with Gasteiger partial charge < -0.3 is 10.6 Å². The van der Waals surface area contributed by atoms with Crippen molar-refractivity contribution in [3.8, 4) is 0 Å². The summed E-state index contributed by atoms with van der Waals surface area (Å²) in [7, 11) is 1.84. The Bertz CT molecular complexity index is 447. The van der Waals surface area contributed by atoms with Gasteiger partial charge in [-0.1, -0.05) is 29.8 Å². The van der Waals surface area contributed by atoms with Gasteiger partial charge in [-0.3, -0.25) is 4.99 Å². The van der Waals surface area contributed by atoms with Crippen molar-refractivity contribution in [3.05, 3.63) is 35.4 Å². The molecule has 1 saturated carbocycles. The highest BCUT2D eigenvalue weighted by atomic mass is 127. The maximum Gasteiger partial charge on any atom is 0.191 e. The average molecular weight is 419 g/mol. The molecule has 1 aromatic rings. The van der Waals surface area contributed by atoms with Crippen LogP contribution < -0.4 is 10.6 Å². The number of hydrogen-bond donors (Lipinski definition) is 2. The third kappa shape index (κ3) is 6.06. The van der Waals surface area contributed by atoms with Crippen molar-refractivity contribution in [2.75, 3.05) is 13.3 Å². The Morgan fingerprint density at radius 1 is 1.29 bits per heavy atom. The second-order valence-electron chi connectivity index (χ2n) is 5.42. The molecule has 5 heteroatoms. The van der Waals surface area contributed by atoms with E-state index >= 15 is 0 Å². The summed E-state index contributed by atoms with van der Waals surface area (Å²) < 4.78 is 0. The molecule has 1 aromatic carbocycles. The topological polar surface area (TPSA) is 36.4 Å². The Morgan fingerprint density at radius 2 is 2.00 bits per heavy atom. The minimum Gasteiger partial charge on any atom is -0.354 e. The molecular formula is C16H26IN3S. The van der Waals surface area contributed by atoms with Crippen LogP contribution in [-0.4, -0.2) is 30.6 Å². The smallest absolute Gasteiger partial charge is 0.191 e. The molecule has 118 valence electrons. The molecule has 2 atom stereocenters. The SMILES string of the molecule is CN=C(NCc1ccc(C)cc1)NC1CCC(SC)C1.I. The molecule has 0 bridgehead atoms. The number of aliphatic imine (C=N–C) groups is 1. The molecule has 0 heterocycles. The summed E-state index contributed by atoms with van der Waals surface area (Å²) >= 11 is 1.98. The van der Waals surface area contributed by atoms with Crippen LogP contribution in [0.2, 0.25) is 0 Å². The van der Waals surface area contributed by atoms with Crippen molar-refractivity contribution in [2.45, 2.75) is 44.0 Å². The van der Waals surface area contributed by atoms with Crippen molar-refractivity contribution in [1.82, 2.24) is 10.6 Å². The van der Waals surface area contributed by atoms with Crippen molar-refractivity contribution in [1.29, 1.82) is 0 Å². The van der Waals surface area contributed by atoms with Gasteiger partial charge in [0.05, 0.1) is 0 Å². The molecule has 2 unspecified atom stereocenters. The second-order valence-corrected chi connectivity index (χ2v) is 6.56. The number of rotatable bonds is 4. The van der Waals surface area contributed by atoms with Gasteiger partial charge >= 0.3 is 0 Å². The quantitative estimate of drug-likeness (QED) is 0.445. The molecule has 0 aromatic heterocycles. The van der Waals surface area contributed by atoms with Crippen LogP contribution in [0.25, 0.3) is 0 Å². The molecule has 0 aliphatic heterocycles. The van der Waals surface area contributed by atoms with Crippen LogP contribution in [0.4, 0.5) is 0 Å². The minimum absolute atomic E-state index is 0. The van der Waals surface area contributed by atoms with Gasteiger partial charge in [-0.2, -0.15) is 11.8 Å². The summed E-state index contributed by atoms with van der Waals surface area (Å²) in [5, 5.41) is 7.74. The lowest BCUT2D eigenvalue weighted by Crippen LogP contribution is -2.42. The number of benzene rings is 1. The van der Waals surface area contributed by atoms with Gasteiger partial charge in [0.2, 0.25) is 0 Å². The molecule has 1 fully saturated rings. The number of nitrogens with zero attached hydrogens (tertiary/aromatic N) is 1. The average Bonchev–Trinajstić information content (AvgIpc) is 2.93. The van der Waals surface area contributed by atoms with Crippen molar-refractivity contribution in [2.24, 2.45) is 4.99 Å². The molecular weight excluding hydrogens is 393 g/mol. The zero-order chi connectivity index (χ0) is 14.4. The highest BCUT2D eigenvalue weighted by Gasteiger charge is 2.24. The van der Waals surface area contributed by atoms with E-state index in [0.29, 0.717) is 6.04 Å². The van der Waals surface area contributed by atoms with E-state index in [1.807, 2.05) is 18.8 Å². The normalized spacial score (nSPS) is 21.8. The molecule has 1 aliphatic rings. The number of halogens is 1. The van der Waals surface area contributed by atoms with Crippen molar-refractivity contribution >= 4 is 41.7 Å². The van der Waals surface area contributed by atoms with E-state index in [0.717, 1.165) is 17.8 Å². The van der Waals surface area contributed by atoms with Crippen LogP contribution in [0.3, 0.4) is 0 Å². The summed E-state index contributed by atoms with van der Waals surface area (Å²) in [5.41, 5.74) is 2.58. The fraction of sp³-hybridized carbons (Fsp3) is 0.562. The Kier molecular flexibility index (Phi) is 8.48. The maximum atomic E-state index is 4.32. The standard InChI is InChI=1S/C16H25N3S.HI/c1-12-4-6-13(7-5-12)11-18-16(17-2)19-14-8-9-15(10-14)20-3;/h4-7,14-15H,8-11H2,1-3H3,(H2,17,18,19);1H. The lowest BCUT2D eigenvalue weighted by molar-refractivity contribution is 0.614. The van der Waals surface area contributed by atoms with Crippen molar-refractivity contribution < 1.29 is 0 Å². The summed E-state index contributed by atoms with van der Waals surface area (Å²) in [6.45, 7) is 2.93. The zero-order valence-electron chi connectivity index (χ0n) is 13.1. The van der Waals surface area contributed by atoms with Crippen LogP contribution >= 0.6 is 35.7 Å². The van der Waals surface area contributed by atoms with Crippen LogP contribution in [0.1, 0.15) is 30.4 Å². The molecule has 0 saturated heterocycles. The first-order chi connectivity index (χ1) is 9.71. The molecule has 2 rings (SSSR count). The zero-order valence-corrected chi connectivity index (χ0v) is 16.2. The fourth-order valence-electron chi connectivity index (χ4n) is 2.56. The van der Waals surface area contributed by atoms with E-state index in [4.69, 9.17) is 0 Å². The van der Waals surface area contributed by atoms with Gasteiger partial charge in [-0.15, -0.1) is 24.0 Å². The fourth-order valence-corrected chi connectivity index (χ4v) is 3.36. The first kappa shape index (κ1) is 18.6. The van der Waals surface area contributed by atoms with Gasteiger partial charge in [-0.25, -0.2) is 0 Å². The van der Waals surface area contributed by atoms with E-state index in [1.165, 1.54) is 30.4 Å². The predicted molar refractivity (Wildman–Crippen MR) is 105 cm³/mol. The van der Waals surface area contributed by atoms with Gasteiger partial charge in [-0.05, 0) is 38.0 Å². The highest BCUT2D eigenvalue weighted by Crippen LogP contribution is 2.27. The predicted octanol–water partition coefficient (Wildman–Crippen LogP) is 3.56. The monoisotopic (exact) mass is 419 g/mol. The molecule has 0 radical (unpaired) electrons. The summed E-state index contributed by atoms with van der Waals surface area (Å²) in [4.78, 5) is 4.32. The minimum atomic E-state index is 0. The second kappa shape index (κ2) is 9.56. The lowest BCUT2D eigenvalue weighted by Gasteiger charge is -2.17. The number of aryl methyl sites for hydroxylation is 1. The Morgan fingerprint density at radius 3 is 2.57 bits per heavy atom. The maximum absolute atomic E-state index is 4.32. The van der Waals surface area contributed by atoms with Gasteiger partial charge in [0, 0.05) is 24.9 Å². The lowest BCUT2D eigenvalue weighted by atomic mass is 10.1. The number of nitrogens with one attached hydrogen (secondary N) is 2. The van der Waals surface area contributed by atoms with E-state index in [1.54, 1.807) is 0 Å². The number of hydrogen-bond acceptors (Lipinski definition) is 2. The molecule has 0 spiro atoms. The molecule has 21 heavy (non-hydrogen) atoms. The molecule has 0 amide bonds. The number of guanidine groups is 1. The van der Waals surface area contributed by atoms with Crippen LogP contribution in [-0.2, 0) is 6.54 Å². The van der Waals surface area contributed by atoms with Gasteiger partial charge in [0.25, 0.3) is 0 Å². The third-order valence-electron chi connectivity index (χ3n) is 3.86. The first-order valence-corrected chi connectivity index (χ1v) is 8.55. The van der Waals surface area contributed by atoms with Crippen LogP contribution in [0.5, 0.6) is 0 Å². The Balaban J connectivity index is 0.00000220. The summed E-state index contributed by atoms with van der Waals surface area (Å²) in [6.07, 6.45) is 6.01. The van der Waals surface area contributed by atoms with Crippen LogP contribution in [0.15, 0.2) is 29.3 Å². The molecule has 1 aliphatic carbocycles. The van der Waals surface area contributed by atoms with E-state index < -0.39 is 0 Å². The van der Waals surface area contributed by atoms with Crippen molar-refractivity contribution in [3.63, 3.8) is 0 Å². The highest BCUT2D eigenvalue weighted by molar-refractivity contribution is 14.0. The number of thioether (sulfide) groups is 1. The summed E-state index contributed by atoms with van der Waals surface area (Å²) in [5.74, 6) is 0.914. The molecule has 2 N–H and O–H groups in total. The van der Waals surface area contributed by atoms with Crippen LogP contribution in [0, 0.1) is 6.92 Å². The van der Waals surface area contributed by atoms with E-state index in [-0.39, 0.29) is 24.0 Å². The molecule has 3 nitrogen and oxygen atoms in total. The third-order valence-corrected chi connectivity index (χ3v) is 4.96. The van der Waals surface area contributed by atoms with E-state index in [2.05, 4.69) is 53.1 Å².